The van der Waals surface area contributed by atoms with E-state index in [1.807, 2.05) is 37.9 Å². The first-order chi connectivity index (χ1) is 13.0. The van der Waals surface area contributed by atoms with E-state index in [1.54, 1.807) is 17.1 Å². The topological polar surface area (TPSA) is 77.0 Å². The third-order valence-corrected chi connectivity index (χ3v) is 5.21. The molecule has 1 aliphatic rings. The minimum Gasteiger partial charge on any atom is -0.361 e. The molecule has 27 heavy (non-hydrogen) atoms. The molecule has 0 N–H and O–H groups in total. The van der Waals surface area contributed by atoms with Crippen LogP contribution in [0.3, 0.4) is 0 Å². The Morgan fingerprint density at radius 2 is 2.00 bits per heavy atom. The number of hydrogen-bond donors (Lipinski definition) is 0. The van der Waals surface area contributed by atoms with Gasteiger partial charge in [-0.15, -0.1) is 0 Å². The van der Waals surface area contributed by atoms with Crippen LogP contribution < -0.4 is 0 Å². The maximum Gasteiger partial charge on any atom is 0.257 e. The molecule has 1 fully saturated rings. The molecule has 4 heterocycles. The number of piperidine rings is 1. The van der Waals surface area contributed by atoms with E-state index in [-0.39, 0.29) is 5.91 Å². The third-order valence-electron chi connectivity index (χ3n) is 5.21. The van der Waals surface area contributed by atoms with Crippen molar-refractivity contribution in [2.45, 2.75) is 32.6 Å². The van der Waals surface area contributed by atoms with Crippen molar-refractivity contribution in [1.29, 1.82) is 0 Å². The van der Waals surface area contributed by atoms with Crippen LogP contribution in [0.2, 0.25) is 0 Å². The van der Waals surface area contributed by atoms with Crippen molar-refractivity contribution in [2.24, 2.45) is 7.05 Å². The monoisotopic (exact) mass is 365 g/mol. The predicted octanol–water partition coefficient (Wildman–Crippen LogP) is 3.11. The van der Waals surface area contributed by atoms with Gasteiger partial charge < -0.3 is 9.42 Å². The van der Waals surface area contributed by atoms with Gasteiger partial charge in [-0.25, -0.2) is 0 Å². The van der Waals surface area contributed by atoms with Gasteiger partial charge in [-0.3, -0.25) is 14.5 Å². The molecule has 0 spiro atoms. The second-order valence-corrected chi connectivity index (χ2v) is 7.12. The predicted molar refractivity (Wildman–Crippen MR) is 100 cm³/mol. The molecular weight excluding hydrogens is 342 g/mol. The number of nitrogens with zero attached hydrogens (tertiary/aromatic N) is 5. The molecule has 1 aliphatic heterocycles. The van der Waals surface area contributed by atoms with Gasteiger partial charge in [0.2, 0.25) is 0 Å². The summed E-state index contributed by atoms with van der Waals surface area (Å²) in [5, 5.41) is 8.12. The van der Waals surface area contributed by atoms with Crippen LogP contribution in [-0.2, 0) is 7.05 Å². The summed E-state index contributed by atoms with van der Waals surface area (Å²) in [6, 6.07) is 6.11. The summed E-state index contributed by atoms with van der Waals surface area (Å²) in [6.45, 7) is 5.31. The summed E-state index contributed by atoms with van der Waals surface area (Å²) in [5.41, 5.74) is 4.45. The Morgan fingerprint density at radius 1 is 1.22 bits per heavy atom. The largest absolute Gasteiger partial charge is 0.361 e. The van der Waals surface area contributed by atoms with E-state index in [1.165, 1.54) is 0 Å². The lowest BCUT2D eigenvalue weighted by Gasteiger charge is -2.31. The van der Waals surface area contributed by atoms with Crippen molar-refractivity contribution in [3.63, 3.8) is 0 Å². The van der Waals surface area contributed by atoms with Gasteiger partial charge in [0.25, 0.3) is 5.91 Å². The second-order valence-electron chi connectivity index (χ2n) is 7.12. The fourth-order valence-electron chi connectivity index (χ4n) is 3.76. The molecule has 4 rings (SSSR count). The molecule has 0 bridgehead atoms. The molecule has 1 saturated heterocycles. The molecule has 0 atom stereocenters. The summed E-state index contributed by atoms with van der Waals surface area (Å²) in [5.74, 6) is 1.19. The molecule has 0 saturated carbocycles. The number of carbonyl (C=O) groups excluding carboxylic acids is 1. The van der Waals surface area contributed by atoms with Gasteiger partial charge in [0.05, 0.1) is 28.7 Å². The zero-order valence-corrected chi connectivity index (χ0v) is 15.8. The zero-order chi connectivity index (χ0) is 19.0. The zero-order valence-electron chi connectivity index (χ0n) is 15.8. The van der Waals surface area contributed by atoms with Gasteiger partial charge in [-0.05, 0) is 38.8 Å². The summed E-state index contributed by atoms with van der Waals surface area (Å²) in [6.07, 6.45) is 5.21. The van der Waals surface area contributed by atoms with Crippen molar-refractivity contribution < 1.29 is 9.32 Å². The third kappa shape index (κ3) is 3.37. The molecule has 7 heteroatoms. The van der Waals surface area contributed by atoms with Crippen LogP contribution in [-0.4, -0.2) is 43.8 Å². The van der Waals surface area contributed by atoms with E-state index in [2.05, 4.69) is 16.3 Å². The normalized spacial score (nSPS) is 15.3. The van der Waals surface area contributed by atoms with Gasteiger partial charge in [0.1, 0.15) is 5.76 Å². The van der Waals surface area contributed by atoms with Gasteiger partial charge in [-0.1, -0.05) is 11.2 Å². The lowest BCUT2D eigenvalue weighted by Crippen LogP contribution is -2.37. The highest BCUT2D eigenvalue weighted by Crippen LogP contribution is 2.31. The maximum atomic E-state index is 12.6. The van der Waals surface area contributed by atoms with Crippen molar-refractivity contribution >= 4 is 5.91 Å². The quantitative estimate of drug-likeness (QED) is 0.713. The molecule has 0 aliphatic carbocycles. The van der Waals surface area contributed by atoms with Crippen LogP contribution in [0.4, 0.5) is 0 Å². The van der Waals surface area contributed by atoms with E-state index < -0.39 is 0 Å². The average Bonchev–Trinajstić information content (AvgIpc) is 3.26. The van der Waals surface area contributed by atoms with Gasteiger partial charge in [0, 0.05) is 37.9 Å². The number of carbonyl (C=O) groups is 1. The molecule has 0 radical (unpaired) electrons. The highest BCUT2D eigenvalue weighted by atomic mass is 16.5. The summed E-state index contributed by atoms with van der Waals surface area (Å²) in [4.78, 5) is 19.4. The first kappa shape index (κ1) is 17.5. The van der Waals surface area contributed by atoms with Gasteiger partial charge in [0.15, 0.2) is 0 Å². The molecule has 3 aromatic heterocycles. The van der Waals surface area contributed by atoms with Crippen LogP contribution in [0, 0.1) is 13.8 Å². The van der Waals surface area contributed by atoms with E-state index in [4.69, 9.17) is 9.51 Å². The van der Waals surface area contributed by atoms with Crippen molar-refractivity contribution in [2.75, 3.05) is 13.1 Å². The van der Waals surface area contributed by atoms with Crippen LogP contribution >= 0.6 is 0 Å². The standard InChI is InChI=1S/C20H23N5O2/c1-13-19(14(2)27-23-13)18-6-4-5-17(22-18)15-7-9-25(10-8-15)20(26)16-11-21-24(3)12-16/h4-6,11-12,15H,7-10H2,1-3H3. The first-order valence-corrected chi connectivity index (χ1v) is 9.21. The molecule has 140 valence electrons. The molecule has 7 nitrogen and oxygen atoms in total. The summed E-state index contributed by atoms with van der Waals surface area (Å²) >= 11 is 0. The average molecular weight is 365 g/mol. The minimum absolute atomic E-state index is 0.0546. The number of likely N-dealkylation sites (tertiary alicyclic amines) is 1. The SMILES string of the molecule is Cc1noc(C)c1-c1cccc(C2CCN(C(=O)c3cnn(C)c3)CC2)n1. The van der Waals surface area contributed by atoms with E-state index in [0.29, 0.717) is 11.5 Å². The van der Waals surface area contributed by atoms with E-state index >= 15 is 0 Å². The van der Waals surface area contributed by atoms with Crippen LogP contribution in [0.5, 0.6) is 0 Å². The van der Waals surface area contributed by atoms with Crippen LogP contribution in [0.25, 0.3) is 11.3 Å². The van der Waals surface area contributed by atoms with E-state index in [0.717, 1.165) is 54.3 Å². The lowest BCUT2D eigenvalue weighted by molar-refractivity contribution is 0.0712. The fourth-order valence-corrected chi connectivity index (χ4v) is 3.76. The highest BCUT2D eigenvalue weighted by Gasteiger charge is 2.26. The Balaban J connectivity index is 1.47. The molecular formula is C20H23N5O2. The maximum absolute atomic E-state index is 12.6. The first-order valence-electron chi connectivity index (χ1n) is 9.21. The molecule has 0 unspecified atom stereocenters. The Bertz CT molecular complexity index is 947. The molecule has 0 aromatic carbocycles. The minimum atomic E-state index is 0.0546. The van der Waals surface area contributed by atoms with Crippen molar-refractivity contribution in [3.8, 4) is 11.3 Å². The van der Waals surface area contributed by atoms with Crippen LogP contribution in [0.1, 0.15) is 46.3 Å². The number of pyridine rings is 1. The van der Waals surface area contributed by atoms with Crippen LogP contribution in [0.15, 0.2) is 35.1 Å². The number of aryl methyl sites for hydroxylation is 3. The number of aromatic nitrogens is 4. The highest BCUT2D eigenvalue weighted by molar-refractivity contribution is 5.93. The Hall–Kier alpha value is -2.96. The molecule has 1 amide bonds. The van der Waals surface area contributed by atoms with E-state index in [9.17, 15) is 4.79 Å². The van der Waals surface area contributed by atoms with Gasteiger partial charge in [-0.2, -0.15) is 5.10 Å². The number of hydrogen-bond acceptors (Lipinski definition) is 5. The second kappa shape index (κ2) is 6.98. The Morgan fingerprint density at radius 3 is 2.63 bits per heavy atom. The number of rotatable bonds is 3. The lowest BCUT2D eigenvalue weighted by atomic mass is 9.92. The Labute approximate surface area is 158 Å². The fraction of sp³-hybridized carbons (Fsp3) is 0.400. The van der Waals surface area contributed by atoms with Crippen molar-refractivity contribution in [3.05, 3.63) is 53.3 Å². The van der Waals surface area contributed by atoms with Crippen molar-refractivity contribution in [1.82, 2.24) is 24.8 Å². The Kier molecular flexibility index (Phi) is 4.51. The van der Waals surface area contributed by atoms with Gasteiger partial charge >= 0.3 is 0 Å². The summed E-state index contributed by atoms with van der Waals surface area (Å²) < 4.78 is 6.94. The summed E-state index contributed by atoms with van der Waals surface area (Å²) in [7, 11) is 1.82. The number of amides is 1. The molecule has 3 aromatic rings. The smallest absolute Gasteiger partial charge is 0.257 e.